The van der Waals surface area contributed by atoms with Crippen LogP contribution in [0.4, 0.5) is 17.2 Å². The summed E-state index contributed by atoms with van der Waals surface area (Å²) in [6.07, 6.45) is 0. The zero-order valence-electron chi connectivity index (χ0n) is 10.3. The maximum atomic E-state index is 5.71. The summed E-state index contributed by atoms with van der Waals surface area (Å²) in [5.41, 5.74) is 7.05. The monoisotopic (exact) mass is 245 g/mol. The summed E-state index contributed by atoms with van der Waals surface area (Å²) in [5, 5.41) is 3.15. The Morgan fingerprint density at radius 2 is 1.83 bits per heavy atom. The van der Waals surface area contributed by atoms with Gasteiger partial charge in [0.1, 0.15) is 11.6 Å². The summed E-state index contributed by atoms with van der Waals surface area (Å²) in [6, 6.07) is 11.1. The molecule has 5 heteroatoms. The molecular weight excluding hydrogens is 230 g/mol. The molecule has 0 fully saturated rings. The Hall–Kier alpha value is -2.43. The minimum absolute atomic E-state index is 0.398. The molecular formula is C13H15N3O2. The highest BCUT2D eigenvalue weighted by molar-refractivity contribution is 5.65. The predicted octanol–water partition coefficient (Wildman–Crippen LogP) is 2.42. The van der Waals surface area contributed by atoms with E-state index in [4.69, 9.17) is 15.2 Å². The molecule has 5 nitrogen and oxygen atoms in total. The van der Waals surface area contributed by atoms with Crippen LogP contribution in [0.2, 0.25) is 0 Å². The van der Waals surface area contributed by atoms with E-state index in [1.807, 2.05) is 24.3 Å². The molecule has 2 aromatic rings. The molecule has 0 unspecified atom stereocenters. The topological polar surface area (TPSA) is 69.4 Å². The van der Waals surface area contributed by atoms with E-state index >= 15 is 0 Å². The number of hydrogen-bond donors (Lipinski definition) is 2. The zero-order valence-corrected chi connectivity index (χ0v) is 10.3. The van der Waals surface area contributed by atoms with Gasteiger partial charge in [-0.15, -0.1) is 0 Å². The van der Waals surface area contributed by atoms with Gasteiger partial charge in [-0.1, -0.05) is 12.1 Å². The number of nitrogen functional groups attached to an aromatic ring is 1. The standard InChI is InChI=1S/C13H15N3O2/c1-17-11-6-4-3-5-10(11)15-12-8-7-9(14)13(16-12)18-2/h3-8H,14H2,1-2H3,(H,15,16). The second-order valence-electron chi connectivity index (χ2n) is 3.62. The number of aromatic nitrogens is 1. The highest BCUT2D eigenvalue weighted by Gasteiger charge is 2.05. The van der Waals surface area contributed by atoms with Crippen molar-refractivity contribution in [1.82, 2.24) is 4.98 Å². The van der Waals surface area contributed by atoms with Crippen molar-refractivity contribution in [1.29, 1.82) is 0 Å². The third-order valence-corrected chi connectivity index (χ3v) is 2.45. The Labute approximate surface area is 106 Å². The fourth-order valence-corrected chi connectivity index (χ4v) is 1.57. The van der Waals surface area contributed by atoms with E-state index in [0.29, 0.717) is 17.4 Å². The molecule has 0 aliphatic carbocycles. The van der Waals surface area contributed by atoms with Crippen LogP contribution < -0.4 is 20.5 Å². The zero-order chi connectivity index (χ0) is 13.0. The maximum absolute atomic E-state index is 5.71. The van der Waals surface area contributed by atoms with Gasteiger partial charge in [-0.05, 0) is 24.3 Å². The van der Waals surface area contributed by atoms with Crippen LogP contribution in [0.1, 0.15) is 0 Å². The Kier molecular flexibility index (Phi) is 3.52. The number of methoxy groups -OCH3 is 2. The van der Waals surface area contributed by atoms with Crippen LogP contribution in [0.5, 0.6) is 11.6 Å². The van der Waals surface area contributed by atoms with E-state index in [2.05, 4.69) is 10.3 Å². The van der Waals surface area contributed by atoms with Gasteiger partial charge >= 0.3 is 0 Å². The van der Waals surface area contributed by atoms with Crippen LogP contribution in [0.15, 0.2) is 36.4 Å². The number of benzene rings is 1. The van der Waals surface area contributed by atoms with Crippen LogP contribution in [-0.2, 0) is 0 Å². The number of nitrogens with two attached hydrogens (primary N) is 1. The molecule has 0 amide bonds. The van der Waals surface area contributed by atoms with E-state index in [1.54, 1.807) is 19.2 Å². The molecule has 0 atom stereocenters. The number of ether oxygens (including phenoxy) is 2. The maximum Gasteiger partial charge on any atom is 0.238 e. The lowest BCUT2D eigenvalue weighted by molar-refractivity contribution is 0.401. The number of hydrogen-bond acceptors (Lipinski definition) is 5. The van der Waals surface area contributed by atoms with Crippen molar-refractivity contribution in [3.05, 3.63) is 36.4 Å². The van der Waals surface area contributed by atoms with Crippen LogP contribution in [0, 0.1) is 0 Å². The van der Waals surface area contributed by atoms with Gasteiger partial charge in [-0.25, -0.2) is 0 Å². The van der Waals surface area contributed by atoms with Gasteiger partial charge < -0.3 is 20.5 Å². The second-order valence-corrected chi connectivity index (χ2v) is 3.62. The van der Waals surface area contributed by atoms with E-state index in [0.717, 1.165) is 11.4 Å². The lowest BCUT2D eigenvalue weighted by atomic mass is 10.3. The quantitative estimate of drug-likeness (QED) is 0.865. The number of nitrogens with zero attached hydrogens (tertiary/aromatic N) is 1. The van der Waals surface area contributed by atoms with Crippen LogP contribution in [-0.4, -0.2) is 19.2 Å². The molecule has 0 saturated carbocycles. The highest BCUT2D eigenvalue weighted by Crippen LogP contribution is 2.28. The molecule has 1 aromatic carbocycles. The van der Waals surface area contributed by atoms with E-state index < -0.39 is 0 Å². The lowest BCUT2D eigenvalue weighted by Gasteiger charge is -2.11. The van der Waals surface area contributed by atoms with E-state index in [9.17, 15) is 0 Å². The van der Waals surface area contributed by atoms with Crippen molar-refractivity contribution < 1.29 is 9.47 Å². The van der Waals surface area contributed by atoms with Crippen molar-refractivity contribution in [3.8, 4) is 11.6 Å². The van der Waals surface area contributed by atoms with Crippen LogP contribution in [0.3, 0.4) is 0 Å². The number of rotatable bonds is 4. The summed E-state index contributed by atoms with van der Waals surface area (Å²) >= 11 is 0. The average Bonchev–Trinajstić information content (AvgIpc) is 2.41. The average molecular weight is 245 g/mol. The first-order valence-corrected chi connectivity index (χ1v) is 5.45. The van der Waals surface area contributed by atoms with Gasteiger partial charge in [0.25, 0.3) is 0 Å². The van der Waals surface area contributed by atoms with Crippen molar-refractivity contribution in [2.45, 2.75) is 0 Å². The first kappa shape index (κ1) is 12.0. The summed E-state index contributed by atoms with van der Waals surface area (Å²) < 4.78 is 10.3. The van der Waals surface area contributed by atoms with E-state index in [1.165, 1.54) is 7.11 Å². The van der Waals surface area contributed by atoms with Crippen LogP contribution >= 0.6 is 0 Å². The first-order valence-electron chi connectivity index (χ1n) is 5.45. The van der Waals surface area contributed by atoms with Crippen LogP contribution in [0.25, 0.3) is 0 Å². The van der Waals surface area contributed by atoms with Gasteiger partial charge in [-0.2, -0.15) is 4.98 Å². The molecule has 0 spiro atoms. The van der Waals surface area contributed by atoms with Crippen molar-refractivity contribution in [2.75, 3.05) is 25.3 Å². The Bertz CT molecular complexity index is 544. The van der Waals surface area contributed by atoms with Crippen molar-refractivity contribution in [3.63, 3.8) is 0 Å². The summed E-state index contributed by atoms with van der Waals surface area (Å²) in [7, 11) is 3.16. The molecule has 0 saturated heterocycles. The third kappa shape index (κ3) is 2.45. The second kappa shape index (κ2) is 5.27. The third-order valence-electron chi connectivity index (χ3n) is 2.45. The number of nitrogens with one attached hydrogen (secondary N) is 1. The summed E-state index contributed by atoms with van der Waals surface area (Å²) in [6.45, 7) is 0. The van der Waals surface area contributed by atoms with Gasteiger partial charge in [0.2, 0.25) is 5.88 Å². The molecule has 3 N–H and O–H groups in total. The fourth-order valence-electron chi connectivity index (χ4n) is 1.57. The number of para-hydroxylation sites is 2. The highest BCUT2D eigenvalue weighted by atomic mass is 16.5. The minimum atomic E-state index is 0.398. The number of anilines is 3. The predicted molar refractivity (Wildman–Crippen MR) is 71.5 cm³/mol. The molecule has 0 aliphatic rings. The largest absolute Gasteiger partial charge is 0.495 e. The Morgan fingerprint density at radius 3 is 2.56 bits per heavy atom. The number of pyridine rings is 1. The summed E-state index contributed by atoms with van der Waals surface area (Å²) in [4.78, 5) is 4.25. The van der Waals surface area contributed by atoms with Crippen molar-refractivity contribution in [2.24, 2.45) is 0 Å². The smallest absolute Gasteiger partial charge is 0.238 e. The Balaban J connectivity index is 2.28. The van der Waals surface area contributed by atoms with Gasteiger partial charge in [-0.3, -0.25) is 0 Å². The molecule has 0 bridgehead atoms. The van der Waals surface area contributed by atoms with Gasteiger partial charge in [0, 0.05) is 0 Å². The van der Waals surface area contributed by atoms with Gasteiger partial charge in [0.05, 0.1) is 25.6 Å². The lowest BCUT2D eigenvalue weighted by Crippen LogP contribution is -2.00. The van der Waals surface area contributed by atoms with E-state index in [-0.39, 0.29) is 0 Å². The van der Waals surface area contributed by atoms with Gasteiger partial charge in [0.15, 0.2) is 0 Å². The molecule has 18 heavy (non-hydrogen) atoms. The Morgan fingerprint density at radius 1 is 1.06 bits per heavy atom. The van der Waals surface area contributed by atoms with Crippen molar-refractivity contribution >= 4 is 17.2 Å². The molecule has 94 valence electrons. The minimum Gasteiger partial charge on any atom is -0.495 e. The first-order chi connectivity index (χ1) is 8.74. The normalized spacial score (nSPS) is 9.89. The molecule has 0 radical (unpaired) electrons. The SMILES string of the molecule is COc1ccccc1Nc1ccc(N)c(OC)n1. The fraction of sp³-hybridized carbons (Fsp3) is 0.154. The molecule has 0 aliphatic heterocycles. The molecule has 1 heterocycles. The molecule has 2 rings (SSSR count). The molecule has 1 aromatic heterocycles. The summed E-state index contributed by atoms with van der Waals surface area (Å²) in [5.74, 6) is 1.79.